The maximum absolute atomic E-state index is 12.1. The summed E-state index contributed by atoms with van der Waals surface area (Å²) in [7, 11) is 0. The molecule has 138 valence electrons. The smallest absolute Gasteiger partial charge is 0.345 e. The van der Waals surface area contributed by atoms with Crippen LogP contribution in [0.25, 0.3) is 0 Å². The van der Waals surface area contributed by atoms with E-state index in [4.69, 9.17) is 4.74 Å². The minimum atomic E-state index is -0.408. The first-order valence-electron chi connectivity index (χ1n) is 8.85. The first-order valence-corrected chi connectivity index (χ1v) is 8.85. The van der Waals surface area contributed by atoms with Gasteiger partial charge in [0.1, 0.15) is 0 Å². The summed E-state index contributed by atoms with van der Waals surface area (Å²) in [5.41, 5.74) is 3.39. The number of ether oxygens (including phenoxy) is 1. The minimum Gasteiger partial charge on any atom is -0.403 e. The summed E-state index contributed by atoms with van der Waals surface area (Å²) in [6, 6.07) is 20.3. The number of esters is 1. The van der Waals surface area contributed by atoms with Gasteiger partial charge in [-0.1, -0.05) is 42.5 Å². The molecule has 1 amide bonds. The number of hydrogen-bond acceptors (Lipinski definition) is 5. The number of nitrogens with one attached hydrogen (secondary N) is 1. The van der Waals surface area contributed by atoms with Crippen LogP contribution in [0.5, 0.6) is 0 Å². The number of carbonyl (C=O) groups is 2. The molecular formula is C22H17N3O3. The fourth-order valence-electron chi connectivity index (χ4n) is 2.86. The Kier molecular flexibility index (Phi) is 4.93. The van der Waals surface area contributed by atoms with E-state index in [9.17, 15) is 9.59 Å². The summed E-state index contributed by atoms with van der Waals surface area (Å²) in [6.07, 6.45) is 1.74. The first kappa shape index (κ1) is 17.6. The molecule has 3 aromatic rings. The molecule has 0 radical (unpaired) electrons. The molecule has 1 aliphatic rings. The number of benzene rings is 2. The molecule has 0 saturated carbocycles. The van der Waals surface area contributed by atoms with Gasteiger partial charge in [0.25, 0.3) is 0 Å². The van der Waals surface area contributed by atoms with Crippen molar-refractivity contribution < 1.29 is 14.3 Å². The Bertz CT molecular complexity index is 1040. The molecule has 1 aliphatic heterocycles. The predicted molar refractivity (Wildman–Crippen MR) is 104 cm³/mol. The third kappa shape index (κ3) is 3.96. The molecule has 4 rings (SSSR count). The van der Waals surface area contributed by atoms with Crippen LogP contribution in [-0.4, -0.2) is 22.8 Å². The van der Waals surface area contributed by atoms with E-state index in [1.165, 1.54) is 0 Å². The van der Waals surface area contributed by atoms with Crippen molar-refractivity contribution >= 4 is 23.5 Å². The molecule has 0 fully saturated rings. The van der Waals surface area contributed by atoms with E-state index >= 15 is 0 Å². The number of hydrogen-bond donors (Lipinski definition) is 1. The third-order valence-corrected chi connectivity index (χ3v) is 4.28. The molecule has 6 heteroatoms. The van der Waals surface area contributed by atoms with Crippen LogP contribution in [0.2, 0.25) is 0 Å². The normalized spacial score (nSPS) is 13.9. The zero-order valence-corrected chi connectivity index (χ0v) is 15.0. The molecule has 2 aromatic carbocycles. The molecule has 0 atom stereocenters. The van der Waals surface area contributed by atoms with Crippen molar-refractivity contribution in [2.75, 3.05) is 0 Å². The first-order chi connectivity index (χ1) is 13.7. The van der Waals surface area contributed by atoms with E-state index in [-0.39, 0.29) is 18.2 Å². The van der Waals surface area contributed by atoms with Crippen LogP contribution in [0.3, 0.4) is 0 Å². The Morgan fingerprint density at radius 1 is 0.964 bits per heavy atom. The molecule has 6 nitrogen and oxygen atoms in total. The molecule has 2 heterocycles. The number of carbonyl (C=O) groups excluding carboxylic acids is 2. The van der Waals surface area contributed by atoms with Gasteiger partial charge in [0, 0.05) is 12.2 Å². The van der Waals surface area contributed by atoms with Gasteiger partial charge >= 0.3 is 5.97 Å². The lowest BCUT2D eigenvalue weighted by molar-refractivity contribution is -0.120. The molecule has 0 bridgehead atoms. The Balaban J connectivity index is 1.39. The largest absolute Gasteiger partial charge is 0.403 e. The number of aliphatic imine (C=N–C) groups is 1. The van der Waals surface area contributed by atoms with E-state index in [0.29, 0.717) is 29.1 Å². The fraction of sp³-hybridized carbons (Fsp3) is 0.0909. The van der Waals surface area contributed by atoms with Crippen LogP contribution < -0.4 is 5.32 Å². The minimum absolute atomic E-state index is 0.103. The van der Waals surface area contributed by atoms with Gasteiger partial charge in [0.05, 0.1) is 29.4 Å². The van der Waals surface area contributed by atoms with Gasteiger partial charge in [0.2, 0.25) is 11.8 Å². The summed E-state index contributed by atoms with van der Waals surface area (Å²) in [5.74, 6) is -0.251. The number of amides is 1. The molecule has 0 spiro atoms. The van der Waals surface area contributed by atoms with Gasteiger partial charge in [0.15, 0.2) is 0 Å². The fourth-order valence-corrected chi connectivity index (χ4v) is 2.86. The maximum Gasteiger partial charge on any atom is 0.345 e. The highest BCUT2D eigenvalue weighted by atomic mass is 16.5. The second-order valence-corrected chi connectivity index (χ2v) is 6.30. The number of rotatable bonds is 5. The molecule has 1 aromatic heterocycles. The summed E-state index contributed by atoms with van der Waals surface area (Å²) in [6.45, 7) is 0.482. The van der Waals surface area contributed by atoms with Crippen LogP contribution in [0.1, 0.15) is 27.2 Å². The van der Waals surface area contributed by atoms with Crippen LogP contribution in [0, 0.1) is 0 Å². The number of fused-ring (bicyclic) bond motifs is 1. The summed E-state index contributed by atoms with van der Waals surface area (Å²) in [5, 5.41) is 2.87. The lowest BCUT2D eigenvalue weighted by Gasteiger charge is -2.05. The van der Waals surface area contributed by atoms with Crippen molar-refractivity contribution in [3.8, 4) is 0 Å². The monoisotopic (exact) mass is 371 g/mol. The van der Waals surface area contributed by atoms with Crippen molar-refractivity contribution in [2.24, 2.45) is 4.99 Å². The van der Waals surface area contributed by atoms with Gasteiger partial charge in [-0.05, 0) is 29.8 Å². The summed E-state index contributed by atoms with van der Waals surface area (Å²) < 4.78 is 5.22. The quantitative estimate of drug-likeness (QED) is 0.699. The van der Waals surface area contributed by atoms with E-state index in [2.05, 4.69) is 15.3 Å². The van der Waals surface area contributed by atoms with E-state index < -0.39 is 5.97 Å². The Morgan fingerprint density at radius 3 is 2.46 bits per heavy atom. The van der Waals surface area contributed by atoms with Crippen LogP contribution in [0.4, 0.5) is 5.69 Å². The average molecular weight is 371 g/mol. The van der Waals surface area contributed by atoms with Gasteiger partial charge in [-0.15, -0.1) is 0 Å². The van der Waals surface area contributed by atoms with Crippen molar-refractivity contribution in [3.63, 3.8) is 0 Å². The van der Waals surface area contributed by atoms with Crippen LogP contribution in [-0.2, 0) is 22.5 Å². The number of cyclic esters (lactones) is 1. The van der Waals surface area contributed by atoms with Crippen molar-refractivity contribution in [1.29, 1.82) is 0 Å². The van der Waals surface area contributed by atoms with E-state index in [1.807, 2.05) is 36.4 Å². The lowest BCUT2D eigenvalue weighted by atomic mass is 10.1. The summed E-state index contributed by atoms with van der Waals surface area (Å²) in [4.78, 5) is 32.6. The van der Waals surface area contributed by atoms with Crippen LogP contribution in [0.15, 0.2) is 77.9 Å². The zero-order chi connectivity index (χ0) is 19.3. The molecule has 0 saturated heterocycles. The average Bonchev–Trinajstić information content (AvgIpc) is 3.04. The van der Waals surface area contributed by atoms with Crippen molar-refractivity contribution in [2.45, 2.75) is 13.0 Å². The predicted octanol–water partition coefficient (Wildman–Crippen LogP) is 3.19. The third-order valence-electron chi connectivity index (χ3n) is 4.28. The Hall–Kier alpha value is -3.80. The molecule has 1 N–H and O–H groups in total. The zero-order valence-electron chi connectivity index (χ0n) is 15.0. The van der Waals surface area contributed by atoms with Gasteiger partial charge in [-0.25, -0.2) is 9.79 Å². The SMILES string of the molecule is O=C(Cc1ccc(N=C2OC(=O)c3ccccc32)cn1)NCc1ccccc1. The van der Waals surface area contributed by atoms with Crippen molar-refractivity contribution in [1.82, 2.24) is 10.3 Å². The van der Waals surface area contributed by atoms with Gasteiger partial charge in [-0.2, -0.15) is 0 Å². The molecule has 28 heavy (non-hydrogen) atoms. The molecular weight excluding hydrogens is 354 g/mol. The molecule has 0 unspecified atom stereocenters. The standard InChI is InChI=1S/C22H17N3O3/c26-20(24-13-15-6-2-1-3-7-15)12-16-10-11-17(14-23-16)25-21-18-8-4-5-9-19(18)22(27)28-21/h1-11,14H,12-13H2,(H,24,26). The van der Waals surface area contributed by atoms with Crippen LogP contribution >= 0.6 is 0 Å². The van der Waals surface area contributed by atoms with E-state index in [1.54, 1.807) is 36.5 Å². The number of nitrogens with zero attached hydrogens (tertiary/aromatic N) is 2. The van der Waals surface area contributed by atoms with Crippen molar-refractivity contribution in [3.05, 3.63) is 95.3 Å². The van der Waals surface area contributed by atoms with E-state index in [0.717, 1.165) is 5.56 Å². The highest BCUT2D eigenvalue weighted by Crippen LogP contribution is 2.23. The lowest BCUT2D eigenvalue weighted by Crippen LogP contribution is -2.24. The second-order valence-electron chi connectivity index (χ2n) is 6.30. The van der Waals surface area contributed by atoms with Gasteiger partial charge in [-0.3, -0.25) is 9.78 Å². The van der Waals surface area contributed by atoms with Gasteiger partial charge < -0.3 is 10.1 Å². The number of aromatic nitrogens is 1. The second kappa shape index (κ2) is 7.84. The topological polar surface area (TPSA) is 80.7 Å². The number of pyridine rings is 1. The Morgan fingerprint density at radius 2 is 1.71 bits per heavy atom. The Labute approximate surface area is 161 Å². The highest BCUT2D eigenvalue weighted by molar-refractivity contribution is 6.17. The maximum atomic E-state index is 12.1. The summed E-state index contributed by atoms with van der Waals surface area (Å²) >= 11 is 0. The molecule has 0 aliphatic carbocycles. The highest BCUT2D eigenvalue weighted by Gasteiger charge is 2.27.